The van der Waals surface area contributed by atoms with Crippen LogP contribution in [0.1, 0.15) is 45.6 Å². The molecule has 0 radical (unpaired) electrons. The number of nitrogens with one attached hydrogen (secondary N) is 2. The van der Waals surface area contributed by atoms with Gasteiger partial charge in [-0.05, 0) is 39.2 Å². The molecular weight excluding hydrogens is 302 g/mol. The second-order valence-electron chi connectivity index (χ2n) is 7.37. The Morgan fingerprint density at radius 1 is 1.21 bits per heavy atom. The van der Waals surface area contributed by atoms with Gasteiger partial charge in [-0.3, -0.25) is 9.79 Å². The van der Waals surface area contributed by atoms with E-state index in [4.69, 9.17) is 4.74 Å². The molecule has 0 spiro atoms. The summed E-state index contributed by atoms with van der Waals surface area (Å²) < 4.78 is 5.30. The van der Waals surface area contributed by atoms with E-state index in [1.807, 2.05) is 26.8 Å². The lowest BCUT2D eigenvalue weighted by atomic mass is 9.64. The van der Waals surface area contributed by atoms with Crippen LogP contribution in [-0.2, 0) is 14.9 Å². The highest BCUT2D eigenvalue weighted by molar-refractivity contribution is 5.84. The van der Waals surface area contributed by atoms with Crippen molar-refractivity contribution in [3.05, 3.63) is 35.9 Å². The van der Waals surface area contributed by atoms with Gasteiger partial charge in [0.05, 0.1) is 0 Å². The molecule has 0 aromatic heterocycles. The van der Waals surface area contributed by atoms with Crippen LogP contribution in [0.4, 0.5) is 0 Å². The van der Waals surface area contributed by atoms with Gasteiger partial charge in [0.25, 0.3) is 0 Å². The Morgan fingerprint density at radius 3 is 2.38 bits per heavy atom. The Kier molecular flexibility index (Phi) is 5.86. The van der Waals surface area contributed by atoms with Crippen molar-refractivity contribution < 1.29 is 9.53 Å². The average Bonchev–Trinajstić information content (AvgIpc) is 2.48. The maximum atomic E-state index is 11.8. The summed E-state index contributed by atoms with van der Waals surface area (Å²) in [6.07, 6.45) is 3.60. The Bertz CT molecular complexity index is 572. The Hall–Kier alpha value is -2.04. The van der Waals surface area contributed by atoms with Crippen LogP contribution in [0.25, 0.3) is 0 Å². The van der Waals surface area contributed by atoms with Crippen LogP contribution in [0, 0.1) is 0 Å². The number of benzene rings is 1. The lowest BCUT2D eigenvalue weighted by Gasteiger charge is -2.43. The molecule has 132 valence electrons. The summed E-state index contributed by atoms with van der Waals surface area (Å²) >= 11 is 0. The molecule has 1 fully saturated rings. The number of ether oxygens (including phenoxy) is 1. The van der Waals surface area contributed by atoms with Crippen LogP contribution in [-0.4, -0.2) is 37.7 Å². The normalized spacial score (nSPS) is 16.9. The number of esters is 1. The van der Waals surface area contributed by atoms with Gasteiger partial charge in [-0.2, -0.15) is 0 Å². The summed E-state index contributed by atoms with van der Waals surface area (Å²) in [6, 6.07) is 10.6. The zero-order valence-electron chi connectivity index (χ0n) is 15.2. The molecule has 1 aliphatic carbocycles. The summed E-state index contributed by atoms with van der Waals surface area (Å²) in [7, 11) is 1.71. The van der Waals surface area contributed by atoms with Crippen LogP contribution < -0.4 is 10.6 Å². The monoisotopic (exact) mass is 331 g/mol. The Balaban J connectivity index is 1.86. The molecule has 1 aliphatic rings. The number of aliphatic imine (C=N–C) groups is 1. The first-order valence-corrected chi connectivity index (χ1v) is 8.57. The van der Waals surface area contributed by atoms with Gasteiger partial charge in [-0.1, -0.05) is 36.8 Å². The maximum absolute atomic E-state index is 11.8. The third-order valence-electron chi connectivity index (χ3n) is 4.33. The standard InChI is InChI=1S/C19H29N3O2/c1-18(2,3)24-16(23)13-21-17(20-4)22-14-19(11-8-12-19)15-9-6-5-7-10-15/h5-7,9-10H,8,11-14H2,1-4H3,(H2,20,21,22). The van der Waals surface area contributed by atoms with Gasteiger partial charge >= 0.3 is 5.97 Å². The van der Waals surface area contributed by atoms with Gasteiger partial charge in [-0.15, -0.1) is 0 Å². The molecular formula is C19H29N3O2. The lowest BCUT2D eigenvalue weighted by molar-refractivity contribution is -0.153. The molecule has 1 aromatic rings. The van der Waals surface area contributed by atoms with Crippen LogP contribution >= 0.6 is 0 Å². The largest absolute Gasteiger partial charge is 0.459 e. The van der Waals surface area contributed by atoms with Gasteiger partial charge in [-0.25, -0.2) is 0 Å². The molecule has 2 N–H and O–H groups in total. The number of carbonyl (C=O) groups excluding carboxylic acids is 1. The van der Waals surface area contributed by atoms with Crippen LogP contribution in [0.3, 0.4) is 0 Å². The second-order valence-corrected chi connectivity index (χ2v) is 7.37. The van der Waals surface area contributed by atoms with E-state index in [0.29, 0.717) is 5.96 Å². The number of guanidine groups is 1. The molecule has 0 heterocycles. The lowest BCUT2D eigenvalue weighted by Crippen LogP contribution is -2.49. The van der Waals surface area contributed by atoms with E-state index in [0.717, 1.165) is 6.54 Å². The molecule has 1 saturated carbocycles. The molecule has 0 saturated heterocycles. The predicted molar refractivity (Wildman–Crippen MR) is 97.2 cm³/mol. The zero-order valence-corrected chi connectivity index (χ0v) is 15.2. The molecule has 24 heavy (non-hydrogen) atoms. The van der Waals surface area contributed by atoms with Crippen molar-refractivity contribution in [2.45, 2.75) is 51.0 Å². The first-order chi connectivity index (χ1) is 11.3. The minimum absolute atomic E-state index is 0.106. The van der Waals surface area contributed by atoms with Crippen LogP contribution in [0.2, 0.25) is 0 Å². The van der Waals surface area contributed by atoms with E-state index < -0.39 is 5.60 Å². The number of hydrogen-bond donors (Lipinski definition) is 2. The molecule has 5 heteroatoms. The minimum atomic E-state index is -0.473. The molecule has 0 aliphatic heterocycles. The predicted octanol–water partition coefficient (Wildman–Crippen LogP) is 2.62. The van der Waals surface area contributed by atoms with Crippen molar-refractivity contribution in [2.75, 3.05) is 20.1 Å². The number of rotatable bonds is 5. The van der Waals surface area contributed by atoms with Crippen molar-refractivity contribution in [1.29, 1.82) is 0 Å². The SMILES string of the molecule is CN=C(NCC(=O)OC(C)(C)C)NCC1(c2ccccc2)CCC1. The third-order valence-corrected chi connectivity index (χ3v) is 4.33. The van der Waals surface area contributed by atoms with Crippen molar-refractivity contribution in [1.82, 2.24) is 10.6 Å². The molecule has 2 rings (SSSR count). The number of hydrogen-bond acceptors (Lipinski definition) is 3. The van der Waals surface area contributed by atoms with E-state index in [-0.39, 0.29) is 17.9 Å². The van der Waals surface area contributed by atoms with E-state index in [1.54, 1.807) is 7.05 Å². The average molecular weight is 331 g/mol. The highest BCUT2D eigenvalue weighted by Crippen LogP contribution is 2.43. The summed E-state index contributed by atoms with van der Waals surface area (Å²) in [5.41, 5.74) is 1.07. The van der Waals surface area contributed by atoms with Gasteiger partial charge < -0.3 is 15.4 Å². The smallest absolute Gasteiger partial charge is 0.325 e. The van der Waals surface area contributed by atoms with Crippen LogP contribution in [0.15, 0.2) is 35.3 Å². The second kappa shape index (κ2) is 7.69. The zero-order chi connectivity index (χ0) is 17.6. The van der Waals surface area contributed by atoms with Gasteiger partial charge in [0.15, 0.2) is 5.96 Å². The Labute approximate surface area is 144 Å². The minimum Gasteiger partial charge on any atom is -0.459 e. The van der Waals surface area contributed by atoms with Crippen molar-refractivity contribution in [3.8, 4) is 0 Å². The first-order valence-electron chi connectivity index (χ1n) is 8.57. The van der Waals surface area contributed by atoms with Gasteiger partial charge in [0.1, 0.15) is 12.1 Å². The topological polar surface area (TPSA) is 62.7 Å². The summed E-state index contributed by atoms with van der Waals surface area (Å²) in [5.74, 6) is 0.343. The summed E-state index contributed by atoms with van der Waals surface area (Å²) in [6.45, 7) is 6.49. The molecule has 5 nitrogen and oxygen atoms in total. The highest BCUT2D eigenvalue weighted by atomic mass is 16.6. The van der Waals surface area contributed by atoms with Crippen LogP contribution in [0.5, 0.6) is 0 Å². The third kappa shape index (κ3) is 4.98. The van der Waals surface area contributed by atoms with Crippen molar-refractivity contribution >= 4 is 11.9 Å². The molecule has 0 atom stereocenters. The fraction of sp³-hybridized carbons (Fsp3) is 0.579. The van der Waals surface area contributed by atoms with E-state index in [9.17, 15) is 4.79 Å². The van der Waals surface area contributed by atoms with Crippen molar-refractivity contribution in [3.63, 3.8) is 0 Å². The van der Waals surface area contributed by atoms with E-state index >= 15 is 0 Å². The van der Waals surface area contributed by atoms with Crippen molar-refractivity contribution in [2.24, 2.45) is 4.99 Å². The molecule has 0 amide bonds. The number of nitrogens with zero attached hydrogens (tertiary/aromatic N) is 1. The molecule has 0 bridgehead atoms. The fourth-order valence-corrected chi connectivity index (χ4v) is 2.97. The van der Waals surface area contributed by atoms with E-state index in [1.165, 1.54) is 24.8 Å². The van der Waals surface area contributed by atoms with E-state index in [2.05, 4.69) is 39.9 Å². The number of carbonyl (C=O) groups is 1. The maximum Gasteiger partial charge on any atom is 0.325 e. The first kappa shape index (κ1) is 18.3. The van der Waals surface area contributed by atoms with Gasteiger partial charge in [0.2, 0.25) is 0 Å². The molecule has 0 unspecified atom stereocenters. The quantitative estimate of drug-likeness (QED) is 0.495. The Morgan fingerprint density at radius 2 is 1.88 bits per heavy atom. The summed E-state index contributed by atoms with van der Waals surface area (Å²) in [5, 5.41) is 6.39. The fourth-order valence-electron chi connectivity index (χ4n) is 2.97. The molecule has 1 aromatic carbocycles. The van der Waals surface area contributed by atoms with Gasteiger partial charge in [0, 0.05) is 19.0 Å². The summed E-state index contributed by atoms with van der Waals surface area (Å²) in [4.78, 5) is 16.0. The highest BCUT2D eigenvalue weighted by Gasteiger charge is 2.38.